The third-order valence-corrected chi connectivity index (χ3v) is 6.03. The average molecular weight is 495 g/mol. The van der Waals surface area contributed by atoms with Gasteiger partial charge in [0.05, 0.1) is 0 Å². The number of allylic oxidation sites excluding steroid dienone is 4. The second-order valence-electron chi connectivity index (χ2n) is 8.68. The second-order valence-corrected chi connectivity index (χ2v) is 8.68. The van der Waals surface area contributed by atoms with Crippen LogP contribution in [0.1, 0.15) is 35.1 Å². The average Bonchev–Trinajstić information content (AvgIpc) is 3.02. The molecule has 0 fully saturated rings. The van der Waals surface area contributed by atoms with Gasteiger partial charge in [-0.1, -0.05) is 109 Å². The Balaban J connectivity index is 1.50. The highest BCUT2D eigenvalue weighted by molar-refractivity contribution is 6.04. The van der Waals surface area contributed by atoms with Crippen LogP contribution < -0.4 is 0 Å². The van der Waals surface area contributed by atoms with Crippen molar-refractivity contribution >= 4 is 11.4 Å². The van der Waals surface area contributed by atoms with Gasteiger partial charge in [0.25, 0.3) is 5.78 Å². The zero-order valence-corrected chi connectivity index (χ0v) is 20.4. The third kappa shape index (κ3) is 4.90. The number of hydrogen-bond donors (Lipinski definition) is 0. The molecule has 1 aliphatic rings. The number of aromatic nitrogens is 6. The number of rotatable bonds is 6. The Hall–Kier alpha value is -5.17. The molecule has 0 bridgehead atoms. The van der Waals surface area contributed by atoms with E-state index in [0.717, 1.165) is 35.1 Å². The number of ketones is 1. The summed E-state index contributed by atoms with van der Waals surface area (Å²) in [6.45, 7) is 0. The first-order chi connectivity index (χ1) is 18.7. The monoisotopic (exact) mass is 494 g/mol. The first-order valence-corrected chi connectivity index (χ1v) is 12.3. The van der Waals surface area contributed by atoms with Crippen LogP contribution in [0.15, 0.2) is 109 Å². The van der Waals surface area contributed by atoms with Crippen LogP contribution in [0.5, 0.6) is 0 Å². The van der Waals surface area contributed by atoms with Crippen LogP contribution in [0.25, 0.3) is 39.7 Å². The fourth-order valence-corrected chi connectivity index (χ4v) is 4.11. The maximum Gasteiger partial charge on any atom is 0.267 e. The largest absolute Gasteiger partial charge is 0.281 e. The van der Waals surface area contributed by atoms with E-state index in [1.54, 1.807) is 0 Å². The number of carbonyl (C=O) groups excluding carboxylic acids is 1. The Morgan fingerprint density at radius 3 is 1.34 bits per heavy atom. The summed E-state index contributed by atoms with van der Waals surface area (Å²) in [6, 6.07) is 28.6. The lowest BCUT2D eigenvalue weighted by Crippen LogP contribution is -2.16. The van der Waals surface area contributed by atoms with E-state index in [-0.39, 0.29) is 11.6 Å². The molecular weight excluding hydrogens is 472 g/mol. The van der Waals surface area contributed by atoms with E-state index in [0.29, 0.717) is 23.3 Å². The molecule has 0 aliphatic heterocycles. The normalized spacial score (nSPS) is 12.7. The van der Waals surface area contributed by atoms with Gasteiger partial charge in [0.15, 0.2) is 23.3 Å². The summed E-state index contributed by atoms with van der Waals surface area (Å²) in [5.74, 6) is 1.12. The molecule has 2 aromatic heterocycles. The van der Waals surface area contributed by atoms with Crippen molar-refractivity contribution in [2.24, 2.45) is 0 Å². The predicted molar refractivity (Wildman–Crippen MR) is 146 cm³/mol. The smallest absolute Gasteiger partial charge is 0.267 e. The van der Waals surface area contributed by atoms with Crippen molar-refractivity contribution in [3.8, 4) is 34.2 Å². The van der Waals surface area contributed by atoms with Crippen molar-refractivity contribution in [2.75, 3.05) is 0 Å². The SMILES string of the molecule is O=C(c1nc(C2=CCCC=C2)nc(-c2ccccc2)n1)c1nc(-c2ccccc2)nc(-c2ccccc2)n1. The van der Waals surface area contributed by atoms with E-state index in [2.05, 4.69) is 42.1 Å². The van der Waals surface area contributed by atoms with Crippen LogP contribution in [-0.2, 0) is 0 Å². The predicted octanol–water partition coefficient (Wildman–Crippen LogP) is 6.02. The van der Waals surface area contributed by atoms with Gasteiger partial charge in [0, 0.05) is 22.3 Å². The Kier molecular flexibility index (Phi) is 6.39. The van der Waals surface area contributed by atoms with E-state index in [4.69, 9.17) is 0 Å². The molecule has 0 radical (unpaired) electrons. The Morgan fingerprint density at radius 2 is 0.921 bits per heavy atom. The summed E-state index contributed by atoms with van der Waals surface area (Å²) in [6.07, 6.45) is 7.97. The van der Waals surface area contributed by atoms with Crippen molar-refractivity contribution in [1.82, 2.24) is 29.9 Å². The molecule has 0 N–H and O–H groups in total. The van der Waals surface area contributed by atoms with Gasteiger partial charge in [0.1, 0.15) is 0 Å². The van der Waals surface area contributed by atoms with Crippen LogP contribution in [0.4, 0.5) is 0 Å². The molecular formula is C31H22N6O. The topological polar surface area (TPSA) is 94.4 Å². The van der Waals surface area contributed by atoms with Crippen molar-refractivity contribution in [2.45, 2.75) is 12.8 Å². The minimum Gasteiger partial charge on any atom is -0.281 e. The molecule has 0 saturated heterocycles. The highest BCUT2D eigenvalue weighted by atomic mass is 16.1. The van der Waals surface area contributed by atoms with E-state index in [9.17, 15) is 4.79 Å². The Bertz CT molecular complexity index is 1610. The van der Waals surface area contributed by atoms with E-state index < -0.39 is 5.78 Å². The maximum absolute atomic E-state index is 13.9. The minimum absolute atomic E-state index is 0.0158. The molecule has 6 rings (SSSR count). The standard InChI is InChI=1S/C31H22N6O/c38-25(30-34-26(21-13-5-1-6-14-21)32-27(35-30)22-15-7-2-8-16-22)31-36-28(23-17-9-3-10-18-23)33-29(37-31)24-19-11-4-12-20-24/h1-3,5-11,13-20H,4,12H2. The lowest BCUT2D eigenvalue weighted by atomic mass is 10.1. The molecule has 7 nitrogen and oxygen atoms in total. The van der Waals surface area contributed by atoms with Crippen LogP contribution in [-0.4, -0.2) is 35.7 Å². The van der Waals surface area contributed by atoms with Gasteiger partial charge in [-0.3, -0.25) is 4.79 Å². The summed E-state index contributed by atoms with van der Waals surface area (Å²) in [5, 5.41) is 0. The molecule has 2 heterocycles. The Morgan fingerprint density at radius 1 is 0.500 bits per heavy atom. The van der Waals surface area contributed by atoms with Gasteiger partial charge in [0.2, 0.25) is 11.6 Å². The van der Waals surface area contributed by atoms with Crippen molar-refractivity contribution < 1.29 is 4.79 Å². The number of hydrogen-bond acceptors (Lipinski definition) is 7. The van der Waals surface area contributed by atoms with Crippen molar-refractivity contribution in [1.29, 1.82) is 0 Å². The lowest BCUT2D eigenvalue weighted by molar-refractivity contribution is 0.101. The van der Waals surface area contributed by atoms with E-state index in [1.165, 1.54) is 0 Å². The first-order valence-electron chi connectivity index (χ1n) is 12.3. The molecule has 38 heavy (non-hydrogen) atoms. The molecule has 3 aromatic carbocycles. The van der Waals surface area contributed by atoms with Gasteiger partial charge < -0.3 is 0 Å². The van der Waals surface area contributed by atoms with Gasteiger partial charge in [-0.25, -0.2) is 29.9 Å². The molecule has 7 heteroatoms. The van der Waals surface area contributed by atoms with E-state index >= 15 is 0 Å². The lowest BCUT2D eigenvalue weighted by Gasteiger charge is -2.10. The second kappa shape index (κ2) is 10.4. The summed E-state index contributed by atoms with van der Waals surface area (Å²) < 4.78 is 0. The van der Waals surface area contributed by atoms with Crippen molar-refractivity contribution in [3.05, 3.63) is 127 Å². The fourth-order valence-electron chi connectivity index (χ4n) is 4.11. The molecule has 0 unspecified atom stereocenters. The molecule has 0 atom stereocenters. The minimum atomic E-state index is -0.497. The third-order valence-electron chi connectivity index (χ3n) is 6.03. The van der Waals surface area contributed by atoms with Gasteiger partial charge in [-0.2, -0.15) is 0 Å². The highest BCUT2D eigenvalue weighted by Crippen LogP contribution is 2.24. The number of benzene rings is 3. The quantitative estimate of drug-likeness (QED) is 0.266. The molecule has 0 saturated carbocycles. The van der Waals surface area contributed by atoms with Crippen LogP contribution in [0.3, 0.4) is 0 Å². The molecule has 0 spiro atoms. The van der Waals surface area contributed by atoms with Gasteiger partial charge in [-0.15, -0.1) is 0 Å². The summed E-state index contributed by atoms with van der Waals surface area (Å²) in [5.41, 5.74) is 3.20. The summed E-state index contributed by atoms with van der Waals surface area (Å²) >= 11 is 0. The first kappa shape index (κ1) is 23.2. The summed E-state index contributed by atoms with van der Waals surface area (Å²) in [7, 11) is 0. The highest BCUT2D eigenvalue weighted by Gasteiger charge is 2.23. The maximum atomic E-state index is 13.9. The summed E-state index contributed by atoms with van der Waals surface area (Å²) in [4.78, 5) is 41.5. The fraction of sp³-hybridized carbons (Fsp3) is 0.0645. The zero-order chi connectivity index (χ0) is 25.7. The van der Waals surface area contributed by atoms with Crippen LogP contribution in [0, 0.1) is 0 Å². The number of carbonyl (C=O) groups is 1. The Labute approximate surface area is 219 Å². The zero-order valence-electron chi connectivity index (χ0n) is 20.4. The molecule has 1 aliphatic carbocycles. The van der Waals surface area contributed by atoms with Crippen LogP contribution in [0.2, 0.25) is 0 Å². The van der Waals surface area contributed by atoms with Gasteiger partial charge in [-0.05, 0) is 12.8 Å². The number of nitrogens with zero attached hydrogens (tertiary/aromatic N) is 6. The van der Waals surface area contributed by atoms with Crippen molar-refractivity contribution in [3.63, 3.8) is 0 Å². The van der Waals surface area contributed by atoms with Crippen LogP contribution >= 0.6 is 0 Å². The molecule has 0 amide bonds. The van der Waals surface area contributed by atoms with E-state index in [1.807, 2.05) is 97.1 Å². The molecule has 5 aromatic rings. The molecule has 182 valence electrons. The van der Waals surface area contributed by atoms with Gasteiger partial charge >= 0.3 is 0 Å².